The van der Waals surface area contributed by atoms with Gasteiger partial charge >= 0.3 is 5.97 Å². The number of hydrogen-bond donors (Lipinski definition) is 1. The Labute approximate surface area is 110 Å². The topological polar surface area (TPSA) is 50.2 Å². The number of aromatic nitrogens is 1. The van der Waals surface area contributed by atoms with Crippen molar-refractivity contribution < 1.29 is 14.3 Å². The zero-order valence-corrected chi connectivity index (χ0v) is 10.6. The first-order chi connectivity index (χ1) is 9.10. The normalized spacial score (nSPS) is 10.4. The van der Waals surface area contributed by atoms with E-state index in [1.165, 1.54) is 18.2 Å². The van der Waals surface area contributed by atoms with Gasteiger partial charge in [0.25, 0.3) is 0 Å². The molecule has 0 bridgehead atoms. The zero-order valence-electron chi connectivity index (χ0n) is 10.6. The van der Waals surface area contributed by atoms with Crippen molar-refractivity contribution in [2.24, 2.45) is 0 Å². The number of aryl methyl sites for hydroxylation is 1. The monoisotopic (exact) mass is 259 g/mol. The maximum atomic E-state index is 13.6. The van der Waals surface area contributed by atoms with Crippen LogP contribution >= 0.6 is 0 Å². The van der Waals surface area contributed by atoms with E-state index in [2.05, 4.69) is 4.98 Å². The van der Waals surface area contributed by atoms with E-state index in [1.54, 1.807) is 6.20 Å². The fraction of sp³-hybridized carbons (Fsp3) is 0.200. The molecule has 2 aromatic rings. The van der Waals surface area contributed by atoms with Crippen LogP contribution in [0.1, 0.15) is 34.1 Å². The molecule has 1 heterocycles. The molecule has 98 valence electrons. The van der Waals surface area contributed by atoms with E-state index in [9.17, 15) is 9.18 Å². The van der Waals surface area contributed by atoms with Gasteiger partial charge in [-0.2, -0.15) is 0 Å². The zero-order chi connectivity index (χ0) is 13.8. The Morgan fingerprint density at radius 3 is 2.68 bits per heavy atom. The number of carboxylic acids is 1. The molecule has 0 fully saturated rings. The Kier molecular flexibility index (Phi) is 3.90. The van der Waals surface area contributed by atoms with Crippen molar-refractivity contribution in [3.63, 3.8) is 0 Å². The largest absolute Gasteiger partial charge is 0.478 e. The first kappa shape index (κ1) is 13.2. The van der Waals surface area contributed by atoms with Crippen LogP contribution in [-0.2, 0) is 12.8 Å². The summed E-state index contributed by atoms with van der Waals surface area (Å²) in [6.07, 6.45) is 2.95. The molecule has 4 heteroatoms. The highest BCUT2D eigenvalue weighted by Crippen LogP contribution is 2.15. The number of aromatic carboxylic acids is 1. The van der Waals surface area contributed by atoms with Gasteiger partial charge in [0.1, 0.15) is 5.82 Å². The molecule has 1 N–H and O–H groups in total. The number of carbonyl (C=O) groups is 1. The maximum absolute atomic E-state index is 13.6. The third-order valence-corrected chi connectivity index (χ3v) is 2.96. The van der Waals surface area contributed by atoms with Crippen molar-refractivity contribution in [2.75, 3.05) is 0 Å². The molecule has 0 aliphatic rings. The summed E-state index contributed by atoms with van der Waals surface area (Å²) in [5.41, 5.74) is 2.26. The molecule has 0 saturated heterocycles. The molecule has 1 aromatic heterocycles. The summed E-state index contributed by atoms with van der Waals surface area (Å²) in [7, 11) is 0. The summed E-state index contributed by atoms with van der Waals surface area (Å²) in [4.78, 5) is 15.1. The number of rotatable bonds is 4. The highest BCUT2D eigenvalue weighted by Gasteiger charge is 2.09. The first-order valence-electron chi connectivity index (χ1n) is 6.05. The van der Waals surface area contributed by atoms with Crippen molar-refractivity contribution in [1.82, 2.24) is 4.98 Å². The van der Waals surface area contributed by atoms with Gasteiger partial charge in [0.15, 0.2) is 0 Å². The minimum absolute atomic E-state index is 0.0848. The quantitative estimate of drug-likeness (QED) is 0.918. The van der Waals surface area contributed by atoms with Crippen LogP contribution in [0.4, 0.5) is 4.39 Å². The van der Waals surface area contributed by atoms with Crippen molar-refractivity contribution in [2.45, 2.75) is 19.8 Å². The summed E-state index contributed by atoms with van der Waals surface area (Å²) < 4.78 is 13.6. The van der Waals surface area contributed by atoms with Gasteiger partial charge in [-0.15, -0.1) is 0 Å². The second kappa shape index (κ2) is 5.61. The molecule has 2 rings (SSSR count). The Bertz CT molecular complexity index is 594. The first-order valence-corrected chi connectivity index (χ1v) is 6.05. The minimum Gasteiger partial charge on any atom is -0.478 e. The van der Waals surface area contributed by atoms with Gasteiger partial charge in [0.05, 0.1) is 5.56 Å². The fourth-order valence-electron chi connectivity index (χ4n) is 1.81. The molecule has 0 radical (unpaired) electrons. The smallest absolute Gasteiger partial charge is 0.335 e. The van der Waals surface area contributed by atoms with Gasteiger partial charge in [0, 0.05) is 18.3 Å². The average Bonchev–Trinajstić information content (AvgIpc) is 2.42. The second-order valence-corrected chi connectivity index (χ2v) is 4.30. The highest BCUT2D eigenvalue weighted by molar-refractivity contribution is 5.87. The number of benzene rings is 1. The van der Waals surface area contributed by atoms with Crippen molar-refractivity contribution in [3.8, 4) is 0 Å². The van der Waals surface area contributed by atoms with Gasteiger partial charge in [-0.05, 0) is 41.8 Å². The number of pyridine rings is 1. The van der Waals surface area contributed by atoms with Crippen LogP contribution in [0.15, 0.2) is 36.5 Å². The van der Waals surface area contributed by atoms with E-state index in [0.717, 1.165) is 17.7 Å². The van der Waals surface area contributed by atoms with Gasteiger partial charge in [-0.25, -0.2) is 9.18 Å². The summed E-state index contributed by atoms with van der Waals surface area (Å²) >= 11 is 0. The predicted molar refractivity (Wildman–Crippen MR) is 69.8 cm³/mol. The molecule has 19 heavy (non-hydrogen) atoms. The number of halogens is 1. The van der Waals surface area contributed by atoms with Crippen molar-refractivity contribution in [3.05, 3.63) is 64.7 Å². The molecule has 0 amide bonds. The lowest BCUT2D eigenvalue weighted by Crippen LogP contribution is -2.01. The van der Waals surface area contributed by atoms with E-state index in [1.807, 2.05) is 19.1 Å². The number of carboxylic acid groups (broad SMARTS) is 1. The lowest BCUT2D eigenvalue weighted by atomic mass is 10.0. The molecule has 0 aliphatic carbocycles. The minimum atomic E-state index is -1.06. The van der Waals surface area contributed by atoms with Crippen molar-refractivity contribution >= 4 is 5.97 Å². The fourth-order valence-corrected chi connectivity index (χ4v) is 1.81. The number of nitrogens with zero attached hydrogens (tertiary/aromatic N) is 1. The van der Waals surface area contributed by atoms with E-state index >= 15 is 0 Å². The van der Waals surface area contributed by atoms with Crippen LogP contribution in [0.3, 0.4) is 0 Å². The lowest BCUT2D eigenvalue weighted by Gasteiger charge is -2.05. The molecular formula is C15H14FNO2. The van der Waals surface area contributed by atoms with E-state index in [-0.39, 0.29) is 12.0 Å². The highest BCUT2D eigenvalue weighted by atomic mass is 19.1. The van der Waals surface area contributed by atoms with Crippen LogP contribution in [0.5, 0.6) is 0 Å². The molecule has 0 spiro atoms. The second-order valence-electron chi connectivity index (χ2n) is 4.30. The summed E-state index contributed by atoms with van der Waals surface area (Å²) in [6.45, 7) is 2.03. The summed E-state index contributed by atoms with van der Waals surface area (Å²) in [5.74, 6) is -1.47. The van der Waals surface area contributed by atoms with Crippen LogP contribution in [0, 0.1) is 5.82 Å². The third-order valence-electron chi connectivity index (χ3n) is 2.96. The molecule has 1 aromatic carbocycles. The maximum Gasteiger partial charge on any atom is 0.335 e. The van der Waals surface area contributed by atoms with Crippen LogP contribution in [0.2, 0.25) is 0 Å². The predicted octanol–water partition coefficient (Wildman–Crippen LogP) is 3.07. The molecule has 0 atom stereocenters. The number of hydrogen-bond acceptors (Lipinski definition) is 2. The summed E-state index contributed by atoms with van der Waals surface area (Å²) in [6, 6.07) is 7.58. The Morgan fingerprint density at radius 2 is 2.11 bits per heavy atom. The Morgan fingerprint density at radius 1 is 1.32 bits per heavy atom. The van der Waals surface area contributed by atoms with Crippen molar-refractivity contribution in [1.29, 1.82) is 0 Å². The lowest BCUT2D eigenvalue weighted by molar-refractivity contribution is 0.0696. The molecule has 0 saturated carbocycles. The SMILES string of the molecule is CCc1ccc(Cc2cc(C(=O)O)ccc2F)nc1. The summed E-state index contributed by atoms with van der Waals surface area (Å²) in [5, 5.41) is 8.90. The molecule has 0 unspecified atom stereocenters. The third kappa shape index (κ3) is 3.16. The standard InChI is InChI=1S/C15H14FNO2/c1-2-10-3-5-13(17-9-10)8-12-7-11(15(18)19)4-6-14(12)16/h3-7,9H,2,8H2,1H3,(H,18,19). The Balaban J connectivity index is 2.26. The molecule has 0 aliphatic heterocycles. The Hall–Kier alpha value is -2.23. The van der Waals surface area contributed by atoms with Gasteiger partial charge in [-0.3, -0.25) is 4.98 Å². The molecule has 3 nitrogen and oxygen atoms in total. The van der Waals surface area contributed by atoms with Crippen LogP contribution in [0.25, 0.3) is 0 Å². The van der Waals surface area contributed by atoms with E-state index in [0.29, 0.717) is 5.56 Å². The molecular weight excluding hydrogens is 245 g/mol. The van der Waals surface area contributed by atoms with Gasteiger partial charge in [0.2, 0.25) is 0 Å². The van der Waals surface area contributed by atoms with Crippen LogP contribution < -0.4 is 0 Å². The van der Waals surface area contributed by atoms with E-state index in [4.69, 9.17) is 5.11 Å². The van der Waals surface area contributed by atoms with Crippen LogP contribution in [-0.4, -0.2) is 16.1 Å². The average molecular weight is 259 g/mol. The van der Waals surface area contributed by atoms with Gasteiger partial charge < -0.3 is 5.11 Å². The van der Waals surface area contributed by atoms with E-state index < -0.39 is 11.8 Å². The van der Waals surface area contributed by atoms with Gasteiger partial charge in [-0.1, -0.05) is 13.0 Å².